The van der Waals surface area contributed by atoms with Crippen LogP contribution >= 0.6 is 0 Å². The minimum Gasteiger partial charge on any atom is -0.478 e. The number of carboxylic acid groups (broad SMARTS) is 1. The second-order valence-electron chi connectivity index (χ2n) is 8.78. The molecule has 1 fully saturated rings. The second kappa shape index (κ2) is 8.30. The van der Waals surface area contributed by atoms with Gasteiger partial charge in [-0.15, -0.1) is 0 Å². The number of hydrogen-bond donors (Lipinski definition) is 1. The molecule has 6 rings (SSSR count). The fraction of sp³-hybridized carbons (Fsp3) is 0.179. The third kappa shape index (κ3) is 3.48. The molecule has 0 unspecified atom stereocenters. The molecule has 34 heavy (non-hydrogen) atoms. The van der Waals surface area contributed by atoms with Gasteiger partial charge in [0.15, 0.2) is 5.65 Å². The predicted molar refractivity (Wildman–Crippen MR) is 134 cm³/mol. The first kappa shape index (κ1) is 20.4. The first-order valence-corrected chi connectivity index (χ1v) is 11.6. The van der Waals surface area contributed by atoms with Crippen LogP contribution in [0.2, 0.25) is 0 Å². The molecule has 0 saturated carbocycles. The van der Waals surface area contributed by atoms with Crippen LogP contribution in [0.3, 0.4) is 0 Å². The summed E-state index contributed by atoms with van der Waals surface area (Å²) in [5.41, 5.74) is 6.19. The van der Waals surface area contributed by atoms with E-state index in [0.717, 1.165) is 46.4 Å². The van der Waals surface area contributed by atoms with Crippen molar-refractivity contribution < 1.29 is 9.90 Å². The molecular weight excluding hydrogens is 424 g/mol. The largest absolute Gasteiger partial charge is 0.478 e. The summed E-state index contributed by atoms with van der Waals surface area (Å²) in [4.78, 5) is 18.9. The van der Waals surface area contributed by atoms with E-state index in [1.54, 1.807) is 16.8 Å². The predicted octanol–water partition coefficient (Wildman–Crippen LogP) is 5.91. The number of aromatic carboxylic acids is 1. The number of carboxylic acids is 1. The van der Waals surface area contributed by atoms with Crippen LogP contribution in [0.25, 0.3) is 38.7 Å². The lowest BCUT2D eigenvalue weighted by Gasteiger charge is -2.28. The van der Waals surface area contributed by atoms with Crippen LogP contribution in [0.5, 0.6) is 0 Å². The van der Waals surface area contributed by atoms with Crippen molar-refractivity contribution in [2.24, 2.45) is 0 Å². The van der Waals surface area contributed by atoms with Gasteiger partial charge in [0.25, 0.3) is 0 Å². The summed E-state index contributed by atoms with van der Waals surface area (Å²) in [6, 6.07) is 19.7. The van der Waals surface area contributed by atoms with Crippen molar-refractivity contribution in [3.05, 3.63) is 84.8 Å². The Balaban J connectivity index is 1.37. The van der Waals surface area contributed by atoms with Gasteiger partial charge in [-0.1, -0.05) is 42.5 Å². The van der Waals surface area contributed by atoms with Crippen LogP contribution in [-0.2, 0) is 0 Å². The highest BCUT2D eigenvalue weighted by Gasteiger charge is 2.16. The van der Waals surface area contributed by atoms with Crippen LogP contribution in [-0.4, -0.2) is 38.8 Å². The van der Waals surface area contributed by atoms with E-state index in [9.17, 15) is 9.90 Å². The molecule has 6 heteroatoms. The lowest BCUT2D eigenvalue weighted by atomic mass is 9.96. The number of rotatable bonds is 4. The van der Waals surface area contributed by atoms with E-state index < -0.39 is 5.97 Å². The Morgan fingerprint density at radius 3 is 2.32 bits per heavy atom. The summed E-state index contributed by atoms with van der Waals surface area (Å²) in [7, 11) is 0. The van der Waals surface area contributed by atoms with Gasteiger partial charge in [0.1, 0.15) is 0 Å². The molecule has 1 aliphatic rings. The van der Waals surface area contributed by atoms with Crippen molar-refractivity contribution >= 4 is 28.1 Å². The normalized spacial score (nSPS) is 14.1. The Bertz CT molecular complexity index is 1520. The van der Waals surface area contributed by atoms with Gasteiger partial charge >= 0.3 is 5.97 Å². The van der Waals surface area contributed by atoms with Crippen LogP contribution in [0.1, 0.15) is 29.6 Å². The van der Waals surface area contributed by atoms with Gasteiger partial charge in [-0.2, -0.15) is 5.10 Å². The number of nitrogens with zero attached hydrogens (tertiary/aromatic N) is 4. The number of fused-ring (bicyclic) bond motifs is 2. The third-order valence-corrected chi connectivity index (χ3v) is 6.72. The molecule has 0 spiro atoms. The van der Waals surface area contributed by atoms with E-state index in [-0.39, 0.29) is 0 Å². The molecule has 3 heterocycles. The molecule has 3 aromatic carbocycles. The van der Waals surface area contributed by atoms with Crippen molar-refractivity contribution in [2.45, 2.75) is 19.3 Å². The molecule has 0 bridgehead atoms. The molecule has 1 saturated heterocycles. The SMILES string of the molecule is O=C(O)c1ccc(-c2cnn3cc(-c4ccc(N5CCCCC5)cc4)cnc23)c2ccccc12. The van der Waals surface area contributed by atoms with E-state index >= 15 is 0 Å². The Labute approximate surface area is 197 Å². The van der Waals surface area contributed by atoms with Gasteiger partial charge in [-0.25, -0.2) is 14.3 Å². The Kier molecular flexibility index (Phi) is 4.99. The molecule has 5 aromatic rings. The first-order valence-electron chi connectivity index (χ1n) is 11.6. The molecule has 0 atom stereocenters. The van der Waals surface area contributed by atoms with Gasteiger partial charge in [0.2, 0.25) is 0 Å². The molecule has 1 aliphatic heterocycles. The standard InChI is InChI=1S/C28H24N4O2/c33-28(34)25-13-12-24(22-6-2-3-7-23(22)25)26-17-30-32-18-20(16-29-27(26)32)19-8-10-21(11-9-19)31-14-4-1-5-15-31/h2-3,6-13,16-18H,1,4-5,14-15H2,(H,33,34). The lowest BCUT2D eigenvalue weighted by molar-refractivity contribution is 0.0699. The quantitative estimate of drug-likeness (QED) is 0.370. The number of hydrogen-bond acceptors (Lipinski definition) is 4. The number of benzene rings is 3. The monoisotopic (exact) mass is 448 g/mol. The summed E-state index contributed by atoms with van der Waals surface area (Å²) in [5, 5.41) is 15.7. The molecule has 2 aromatic heterocycles. The number of piperidine rings is 1. The van der Waals surface area contributed by atoms with Gasteiger partial charge < -0.3 is 10.0 Å². The topological polar surface area (TPSA) is 70.7 Å². The van der Waals surface area contributed by atoms with E-state index in [1.165, 1.54) is 24.9 Å². The Morgan fingerprint density at radius 1 is 0.794 bits per heavy atom. The Morgan fingerprint density at radius 2 is 1.56 bits per heavy atom. The van der Waals surface area contributed by atoms with Crippen LogP contribution in [0.4, 0.5) is 5.69 Å². The highest BCUT2D eigenvalue weighted by atomic mass is 16.4. The minimum atomic E-state index is -0.934. The third-order valence-electron chi connectivity index (χ3n) is 6.72. The summed E-state index contributed by atoms with van der Waals surface area (Å²) in [5.74, 6) is -0.934. The minimum absolute atomic E-state index is 0.291. The Hall–Kier alpha value is -4.19. The van der Waals surface area contributed by atoms with E-state index in [0.29, 0.717) is 10.9 Å². The summed E-state index contributed by atoms with van der Waals surface area (Å²) < 4.78 is 1.79. The molecule has 168 valence electrons. The maximum Gasteiger partial charge on any atom is 0.336 e. The average Bonchev–Trinajstić information content (AvgIpc) is 3.31. The molecule has 1 N–H and O–H groups in total. The number of anilines is 1. The summed E-state index contributed by atoms with van der Waals surface area (Å²) in [6.07, 6.45) is 9.52. The summed E-state index contributed by atoms with van der Waals surface area (Å²) in [6.45, 7) is 2.26. The fourth-order valence-electron chi connectivity index (χ4n) is 4.95. The molecule has 0 aliphatic carbocycles. The van der Waals surface area contributed by atoms with Crippen LogP contribution < -0.4 is 4.90 Å². The van der Waals surface area contributed by atoms with Gasteiger partial charge in [-0.3, -0.25) is 0 Å². The van der Waals surface area contributed by atoms with Crippen molar-refractivity contribution in [3.8, 4) is 22.3 Å². The zero-order valence-corrected chi connectivity index (χ0v) is 18.7. The smallest absolute Gasteiger partial charge is 0.336 e. The van der Waals surface area contributed by atoms with Crippen molar-refractivity contribution in [1.29, 1.82) is 0 Å². The molecule has 6 nitrogen and oxygen atoms in total. The summed E-state index contributed by atoms with van der Waals surface area (Å²) >= 11 is 0. The average molecular weight is 449 g/mol. The molecular formula is C28H24N4O2. The maximum absolute atomic E-state index is 11.7. The molecule has 0 radical (unpaired) electrons. The fourth-order valence-corrected chi connectivity index (χ4v) is 4.95. The second-order valence-corrected chi connectivity index (χ2v) is 8.78. The highest BCUT2D eigenvalue weighted by Crippen LogP contribution is 2.33. The highest BCUT2D eigenvalue weighted by molar-refractivity contribution is 6.09. The van der Waals surface area contributed by atoms with Crippen LogP contribution in [0.15, 0.2) is 79.3 Å². The van der Waals surface area contributed by atoms with Crippen molar-refractivity contribution in [3.63, 3.8) is 0 Å². The first-order chi connectivity index (χ1) is 16.7. The van der Waals surface area contributed by atoms with Crippen molar-refractivity contribution in [2.75, 3.05) is 18.0 Å². The van der Waals surface area contributed by atoms with Crippen molar-refractivity contribution in [1.82, 2.24) is 14.6 Å². The van der Waals surface area contributed by atoms with Gasteiger partial charge in [0.05, 0.1) is 11.8 Å². The van der Waals surface area contributed by atoms with Gasteiger partial charge in [0, 0.05) is 42.3 Å². The van der Waals surface area contributed by atoms with Crippen LogP contribution in [0, 0.1) is 0 Å². The van der Waals surface area contributed by atoms with Gasteiger partial charge in [-0.05, 0) is 59.4 Å². The zero-order chi connectivity index (χ0) is 23.1. The number of aromatic nitrogens is 3. The van der Waals surface area contributed by atoms with E-state index in [2.05, 4.69) is 34.3 Å². The molecule has 0 amide bonds. The van der Waals surface area contributed by atoms with E-state index in [1.807, 2.05) is 42.7 Å². The van der Waals surface area contributed by atoms with E-state index in [4.69, 9.17) is 4.98 Å². The maximum atomic E-state index is 11.7. The number of carbonyl (C=O) groups is 1. The lowest BCUT2D eigenvalue weighted by Crippen LogP contribution is -2.29. The zero-order valence-electron chi connectivity index (χ0n) is 18.7.